The number of para-hydroxylation sites is 2. The average molecular weight is 1810 g/mol. The molecule has 5 saturated heterocycles. The van der Waals surface area contributed by atoms with Gasteiger partial charge in [0.15, 0.2) is 0 Å². The van der Waals surface area contributed by atoms with Crippen molar-refractivity contribution in [3.8, 4) is 0 Å². The van der Waals surface area contributed by atoms with Crippen molar-refractivity contribution in [3.05, 3.63) is 72.1 Å². The lowest BCUT2D eigenvalue weighted by Gasteiger charge is -2.42. The third-order valence-corrected chi connectivity index (χ3v) is 28.1. The number of hydrazine groups is 1. The highest BCUT2D eigenvalue weighted by Gasteiger charge is 2.47. The number of benzene rings is 2. The number of hydrogen-bond donors (Lipinski definition) is 17. The number of aromatic nitrogens is 2. The zero-order valence-corrected chi connectivity index (χ0v) is 73.0. The van der Waals surface area contributed by atoms with E-state index < -0.39 is 280 Å². The topological polar surface area (TPSA) is 617 Å². The minimum atomic E-state index is -4.87. The molecule has 16 atom stereocenters. The number of carbonyl (C=O) groups is 16. The number of thioether (sulfide) groups is 2. The van der Waals surface area contributed by atoms with Crippen molar-refractivity contribution in [2.24, 2.45) is 23.3 Å². The fourth-order valence-corrected chi connectivity index (χ4v) is 20.6. The number of nitrogens with one attached hydrogen (secondary N) is 13. The summed E-state index contributed by atoms with van der Waals surface area (Å²) in [6, 6.07) is -6.09. The summed E-state index contributed by atoms with van der Waals surface area (Å²) < 4.78 is 62.8. The fourth-order valence-electron chi connectivity index (χ4n) is 14.9. The molecule has 0 spiro atoms. The Kier molecular flexibility index (Phi) is 34.4. The van der Waals surface area contributed by atoms with Crippen molar-refractivity contribution in [2.75, 3.05) is 94.2 Å². The highest BCUT2D eigenvalue weighted by molar-refractivity contribution is 8.00. The van der Waals surface area contributed by atoms with E-state index >= 15 is 31.2 Å². The van der Waals surface area contributed by atoms with Crippen LogP contribution >= 0.6 is 23.5 Å². The Morgan fingerprint density at radius 2 is 1.22 bits per heavy atom. The number of nitrogens with zero attached hydrogens (tertiary/aromatic N) is 6. The van der Waals surface area contributed by atoms with Crippen LogP contribution < -0.4 is 70.0 Å². The minimum Gasteiger partial charge on any atom is -0.481 e. The molecule has 2 aromatic heterocycles. The normalized spacial score (nSPS) is 27.9. The smallest absolute Gasteiger partial charge is 0.305 e. The quantitative estimate of drug-likeness (QED) is 0.0497. The number of hydrogen-bond acceptors (Lipinski definition) is 25. The minimum absolute atomic E-state index is 0.000540. The van der Waals surface area contributed by atoms with E-state index in [1.165, 1.54) is 45.8 Å². The van der Waals surface area contributed by atoms with Gasteiger partial charge in [-0.25, -0.2) is 16.8 Å². The van der Waals surface area contributed by atoms with Crippen LogP contribution in [0.4, 0.5) is 0 Å². The number of aliphatic hydroxyl groups excluding tert-OH is 1. The van der Waals surface area contributed by atoms with E-state index in [0.29, 0.717) is 37.9 Å². The van der Waals surface area contributed by atoms with Crippen LogP contribution in [0.5, 0.6) is 0 Å². The predicted octanol–water partition coefficient (Wildman–Crippen LogP) is -5.85. The van der Waals surface area contributed by atoms with Gasteiger partial charge in [-0.2, -0.15) is 37.1 Å². The number of carbonyl (C=O) groups excluding carboxylic acids is 15. The van der Waals surface area contributed by atoms with Gasteiger partial charge in [-0.15, -0.1) is 0 Å². The Hall–Kier alpha value is -10.6. The van der Waals surface area contributed by atoms with Crippen LogP contribution in [0.2, 0.25) is 0 Å². The number of likely N-dealkylation sites (N-methyl/N-ethyl adjacent to an activating group) is 1. The Labute approximate surface area is 724 Å². The molecule has 0 radical (unpaired) electrons. The number of nitrogens with two attached hydrogens (primary N) is 2. The monoisotopic (exact) mass is 1810 g/mol. The molecule has 5 bridgehead atoms. The zero-order chi connectivity index (χ0) is 90.8. The fraction of sp³-hybridized carbons (Fsp3) is 0.584. The number of aliphatic hydroxyl groups is 1. The summed E-state index contributed by atoms with van der Waals surface area (Å²) in [4.78, 5) is 239. The second-order valence-electron chi connectivity index (χ2n) is 31.8. The zero-order valence-electron chi connectivity index (χ0n) is 69.7. The van der Waals surface area contributed by atoms with E-state index in [2.05, 4.69) is 68.5 Å². The molecular formula is C77H111N21O22S4. The molecule has 5 aliphatic rings. The van der Waals surface area contributed by atoms with E-state index in [4.69, 9.17) is 11.5 Å². The molecule has 5 aliphatic heterocycles. The first-order valence-corrected chi connectivity index (χ1v) is 46.2. The van der Waals surface area contributed by atoms with Crippen molar-refractivity contribution in [3.63, 3.8) is 0 Å². The maximum absolute atomic E-state index is 16.2. The number of aromatic amines is 2. The molecule has 19 N–H and O–H groups in total. The number of sulfonamides is 2. The second kappa shape index (κ2) is 43.9. The van der Waals surface area contributed by atoms with Gasteiger partial charge in [0.25, 0.3) is 5.91 Å². The van der Waals surface area contributed by atoms with E-state index in [9.17, 15) is 72.5 Å². The maximum Gasteiger partial charge on any atom is 0.305 e. The van der Waals surface area contributed by atoms with Crippen LogP contribution in [0.15, 0.2) is 60.9 Å². The summed E-state index contributed by atoms with van der Waals surface area (Å²) in [6.45, 7) is 3.31. The number of rotatable bonds is 16. The predicted molar refractivity (Wildman–Crippen MR) is 453 cm³/mol. The molecule has 0 aliphatic carbocycles. The van der Waals surface area contributed by atoms with Crippen LogP contribution in [0, 0.1) is 11.8 Å². The third-order valence-electron chi connectivity index (χ3n) is 21.9. The molecule has 5 fully saturated rings. The lowest BCUT2D eigenvalue weighted by atomic mass is 9.97. The number of primary amides is 1. The van der Waals surface area contributed by atoms with Crippen LogP contribution in [0.3, 0.4) is 0 Å². The number of carboxylic acid groups (broad SMARTS) is 1. The summed E-state index contributed by atoms with van der Waals surface area (Å²) in [7, 11) is -8.28. The number of amides is 15. The Morgan fingerprint density at radius 1 is 0.629 bits per heavy atom. The molecule has 43 nitrogen and oxygen atoms in total. The second-order valence-corrected chi connectivity index (χ2v) is 38.2. The van der Waals surface area contributed by atoms with Gasteiger partial charge in [-0.3, -0.25) is 81.7 Å². The summed E-state index contributed by atoms with van der Waals surface area (Å²) in [5.74, 6) is -22.0. The molecule has 3 unspecified atom stereocenters. The van der Waals surface area contributed by atoms with Gasteiger partial charge in [-0.05, 0) is 81.0 Å². The van der Waals surface area contributed by atoms with E-state index in [1.807, 2.05) is 0 Å². The van der Waals surface area contributed by atoms with Crippen molar-refractivity contribution >= 4 is 160 Å². The lowest BCUT2D eigenvalue weighted by Crippen LogP contribution is -2.65. The lowest BCUT2D eigenvalue weighted by molar-refractivity contribution is -0.166. The van der Waals surface area contributed by atoms with Gasteiger partial charge >= 0.3 is 5.97 Å². The third kappa shape index (κ3) is 25.6. The molecule has 4 aromatic rings. The van der Waals surface area contributed by atoms with Crippen LogP contribution in [0.1, 0.15) is 97.6 Å². The molecule has 124 heavy (non-hydrogen) atoms. The van der Waals surface area contributed by atoms with Crippen LogP contribution in [-0.4, -0.2) is 333 Å². The van der Waals surface area contributed by atoms with Gasteiger partial charge < -0.3 is 99.9 Å². The van der Waals surface area contributed by atoms with Gasteiger partial charge in [0.2, 0.25) is 103 Å². The molecule has 7 heterocycles. The Balaban J connectivity index is 1.16. The number of H-pyrrole nitrogens is 2. The van der Waals surface area contributed by atoms with Gasteiger partial charge in [0.1, 0.15) is 72.5 Å². The molecule has 15 amide bonds. The molecule has 2 aromatic carbocycles. The van der Waals surface area contributed by atoms with Crippen LogP contribution in [-0.2, 0) is 110 Å². The van der Waals surface area contributed by atoms with Gasteiger partial charge in [0.05, 0.1) is 50.5 Å². The highest BCUT2D eigenvalue weighted by Crippen LogP contribution is 2.28. The van der Waals surface area contributed by atoms with E-state index in [1.54, 1.807) is 68.6 Å². The number of fused-ring (bicyclic) bond motifs is 8. The van der Waals surface area contributed by atoms with E-state index in [-0.39, 0.29) is 69.5 Å². The van der Waals surface area contributed by atoms with Gasteiger partial charge in [-0.1, -0.05) is 64.1 Å². The molecule has 9 rings (SSSR count). The highest BCUT2D eigenvalue weighted by atomic mass is 32.2. The largest absolute Gasteiger partial charge is 0.481 e. The Morgan fingerprint density at radius 3 is 1.81 bits per heavy atom. The first-order valence-electron chi connectivity index (χ1n) is 40.7. The summed E-state index contributed by atoms with van der Waals surface area (Å²) in [6.07, 6.45) is -0.790. The molecule has 680 valence electrons. The summed E-state index contributed by atoms with van der Waals surface area (Å²) >= 11 is 1.61. The van der Waals surface area contributed by atoms with Crippen molar-refractivity contribution in [2.45, 2.75) is 178 Å². The number of aliphatic carboxylic acids is 1. The van der Waals surface area contributed by atoms with Crippen LogP contribution in [0.25, 0.3) is 21.8 Å². The number of carboxylic acids is 1. The van der Waals surface area contributed by atoms with Gasteiger partial charge in [0, 0.05) is 110 Å². The van der Waals surface area contributed by atoms with Crippen molar-refractivity contribution < 1.29 is 104 Å². The summed E-state index contributed by atoms with van der Waals surface area (Å²) in [5.41, 5.74) is 13.2. The SMILES string of the molecule is CC(C)[C@@H]1NC(=O)[C@H](Cc2c[nH]c3ccccc23)NC(=O)[C@H](C)NC(=O)[C@@H]2CCC[C@@H](O)[C@H](NC(=O)[C@@H](NC(=O)[C@H](C)NC(=O)CN(C)C(=O)CCN)CSCCS(=O)(=O)N3CCN4CN(C3)N(C(=O)CNC(=O)[C@H](CC(=O)O)NC1=O)[C@@H](Cc1c[nH]c3ccccc13)C(=O)N[C@@H](C(C)C)C(=O)N1CCC[C@H]1C(=O)N[C@H](C(N)=O)CSCCS4(=O)=O)C(=O)N2. The molecule has 47 heteroatoms. The summed E-state index contributed by atoms with van der Waals surface area (Å²) in [5, 5.41) is 52.4. The molecule has 0 saturated carbocycles. The van der Waals surface area contributed by atoms with Crippen molar-refractivity contribution in [1.29, 1.82) is 0 Å². The van der Waals surface area contributed by atoms with E-state index in [0.717, 1.165) is 42.0 Å². The standard InChI is InChI=1S/C77H111N21O22S4/c1-41(2)63-75(114)87-53(32-62(103)104)69(108)82-35-61(102)98-57(31-46-34-81-50-17-11-9-15-48(46)50)74(113)91-64(42(3)4)77(116)97-23-13-19-56(97)73(112)88-54(66(79)105)37-121-26-28-123(117,118)95-24-25-96(40-94(98)39-95)124(119,120)29-27-122-38-55(89-67(106)43(5)83-59(100)36-93(7)60(101)21-22-78)72(111)92-65-58(99)20-12-18-51(85-76(65)115)70(109)84-44(6)68(107)86-52(71(110)90-63)30-45-33-80-49-16-10-8-14-47(45)49/h8-11,14-17,33-34,41-44,51-58,63-65,80-81,99H,12-13,18-32,35-40,78H2,1-7H3,(H2,79,105)(H,82,108)(H,83,100)(H,84,109)(H,85,115)(H,86,107)(H,87,114)(H,88,112)(H,89,106)(H,90,110)(H,91,113)(H,92,111)(H,103,104)/t43-,44-,51-,52-,53-,54-,55-,56-,57-,58+,63-,64-,65-/m0/s1. The Bertz CT molecular complexity index is 4880. The first kappa shape index (κ1) is 97.2. The average Bonchev–Trinajstić information content (AvgIpc) is 1.56. The first-order chi connectivity index (χ1) is 58.7. The maximum atomic E-state index is 16.2. The molecular weight excluding hydrogens is 1700 g/mol. The van der Waals surface area contributed by atoms with Crippen molar-refractivity contribution in [1.82, 2.24) is 96.9 Å².